The number of ether oxygens (including phenoxy) is 1. The first-order valence-electron chi connectivity index (χ1n) is 6.73. The summed E-state index contributed by atoms with van der Waals surface area (Å²) >= 11 is 3.64. The molecule has 0 N–H and O–H groups in total. The number of carbonyl (C=O) groups excluding carboxylic acids is 1. The Morgan fingerprint density at radius 3 is 2.53 bits per heavy atom. The lowest BCUT2D eigenvalue weighted by Crippen LogP contribution is -2.46. The van der Waals surface area contributed by atoms with Crippen molar-refractivity contribution in [1.29, 1.82) is 0 Å². The van der Waals surface area contributed by atoms with Crippen LogP contribution in [0.3, 0.4) is 0 Å². The van der Waals surface area contributed by atoms with Gasteiger partial charge in [-0.15, -0.1) is 0 Å². The lowest BCUT2D eigenvalue weighted by Gasteiger charge is -2.36. The van der Waals surface area contributed by atoms with Gasteiger partial charge in [0.15, 0.2) is 0 Å². The van der Waals surface area contributed by atoms with Crippen LogP contribution in [0.15, 0.2) is 0 Å². The molecule has 0 aromatic heterocycles. The predicted octanol–water partition coefficient (Wildman–Crippen LogP) is 2.58. The molecular formula is C13H22BrNO2. The van der Waals surface area contributed by atoms with Crippen LogP contribution >= 0.6 is 15.9 Å². The smallest absolute Gasteiger partial charge is 0.251 e. The van der Waals surface area contributed by atoms with Crippen molar-refractivity contribution in [2.45, 2.75) is 50.0 Å². The van der Waals surface area contributed by atoms with Gasteiger partial charge < -0.3 is 9.64 Å². The molecule has 0 bridgehead atoms. The number of likely N-dealkylation sites (tertiary alicyclic amines) is 1. The van der Waals surface area contributed by atoms with Crippen LogP contribution in [0.2, 0.25) is 0 Å². The Morgan fingerprint density at radius 1 is 1.29 bits per heavy atom. The van der Waals surface area contributed by atoms with Gasteiger partial charge >= 0.3 is 0 Å². The van der Waals surface area contributed by atoms with Gasteiger partial charge in [-0.3, -0.25) is 4.79 Å². The summed E-state index contributed by atoms with van der Waals surface area (Å²) in [5.41, 5.74) is 0. The van der Waals surface area contributed by atoms with E-state index in [-0.39, 0.29) is 12.0 Å². The van der Waals surface area contributed by atoms with E-state index in [1.54, 1.807) is 0 Å². The summed E-state index contributed by atoms with van der Waals surface area (Å²) in [6, 6.07) is 0. The van der Waals surface area contributed by atoms with Crippen molar-refractivity contribution in [2.75, 3.05) is 19.7 Å². The van der Waals surface area contributed by atoms with Crippen molar-refractivity contribution in [2.24, 2.45) is 5.92 Å². The maximum absolute atomic E-state index is 12.2. The molecule has 98 valence electrons. The summed E-state index contributed by atoms with van der Waals surface area (Å²) in [6.45, 7) is 4.76. The van der Waals surface area contributed by atoms with Gasteiger partial charge in [-0.25, -0.2) is 0 Å². The fourth-order valence-electron chi connectivity index (χ4n) is 2.72. The molecule has 0 aliphatic carbocycles. The highest BCUT2D eigenvalue weighted by Crippen LogP contribution is 2.26. The standard InChI is InChI=1S/C13H22BrNO2/c1-10(14)11-5-7-15(8-6-11)13(16)12-4-2-3-9-17-12/h10-12H,2-9H2,1H3. The number of piperidine rings is 1. The summed E-state index contributed by atoms with van der Waals surface area (Å²) in [4.78, 5) is 14.8. The van der Waals surface area contributed by atoms with Crippen LogP contribution in [0, 0.1) is 5.92 Å². The van der Waals surface area contributed by atoms with Gasteiger partial charge in [-0.05, 0) is 38.0 Å². The molecule has 2 rings (SSSR count). The molecular weight excluding hydrogens is 282 g/mol. The van der Waals surface area contributed by atoms with Gasteiger partial charge in [0.1, 0.15) is 6.10 Å². The Bertz CT molecular complexity index is 256. The summed E-state index contributed by atoms with van der Waals surface area (Å²) < 4.78 is 5.57. The van der Waals surface area contributed by atoms with Crippen molar-refractivity contribution >= 4 is 21.8 Å². The molecule has 17 heavy (non-hydrogen) atoms. The topological polar surface area (TPSA) is 29.5 Å². The van der Waals surface area contributed by atoms with Crippen LogP contribution in [0.4, 0.5) is 0 Å². The van der Waals surface area contributed by atoms with E-state index in [4.69, 9.17) is 4.74 Å². The minimum atomic E-state index is -0.151. The fraction of sp³-hybridized carbons (Fsp3) is 0.923. The summed E-state index contributed by atoms with van der Waals surface area (Å²) in [5.74, 6) is 0.941. The zero-order valence-electron chi connectivity index (χ0n) is 10.5. The number of amides is 1. The summed E-state index contributed by atoms with van der Waals surface area (Å²) in [5, 5.41) is 0. The molecule has 0 aromatic rings. The van der Waals surface area contributed by atoms with E-state index >= 15 is 0 Å². The summed E-state index contributed by atoms with van der Waals surface area (Å²) in [7, 11) is 0. The number of carbonyl (C=O) groups is 1. The van der Waals surface area contributed by atoms with Crippen LogP contribution in [-0.2, 0) is 9.53 Å². The maximum atomic E-state index is 12.2. The van der Waals surface area contributed by atoms with Gasteiger partial charge in [0.25, 0.3) is 5.91 Å². The van der Waals surface area contributed by atoms with Gasteiger partial charge in [-0.1, -0.05) is 22.9 Å². The molecule has 2 saturated heterocycles. The molecule has 2 unspecified atom stereocenters. The SMILES string of the molecule is CC(Br)C1CCN(C(=O)C2CCCCO2)CC1. The highest BCUT2D eigenvalue weighted by Gasteiger charge is 2.30. The second-order valence-corrected chi connectivity index (χ2v) is 6.64. The third kappa shape index (κ3) is 3.44. The van der Waals surface area contributed by atoms with E-state index in [0.29, 0.717) is 10.7 Å². The fourth-order valence-corrected chi connectivity index (χ4v) is 3.25. The van der Waals surface area contributed by atoms with Gasteiger partial charge in [0, 0.05) is 24.5 Å². The molecule has 2 aliphatic rings. The van der Waals surface area contributed by atoms with E-state index in [0.717, 1.165) is 51.8 Å². The zero-order valence-corrected chi connectivity index (χ0v) is 12.1. The molecule has 2 aliphatic heterocycles. The Hall–Kier alpha value is -0.0900. The van der Waals surface area contributed by atoms with E-state index in [9.17, 15) is 4.79 Å². The van der Waals surface area contributed by atoms with Crippen molar-refractivity contribution < 1.29 is 9.53 Å². The molecule has 0 saturated carbocycles. The monoisotopic (exact) mass is 303 g/mol. The average Bonchev–Trinajstić information content (AvgIpc) is 2.39. The third-order valence-corrected chi connectivity index (χ3v) is 4.70. The van der Waals surface area contributed by atoms with Gasteiger partial charge in [0.2, 0.25) is 0 Å². The molecule has 2 atom stereocenters. The number of halogens is 1. The van der Waals surface area contributed by atoms with E-state index in [1.165, 1.54) is 0 Å². The second kappa shape index (κ2) is 6.19. The van der Waals surface area contributed by atoms with Crippen LogP contribution in [0.1, 0.15) is 39.0 Å². The number of hydrogen-bond donors (Lipinski definition) is 0. The number of nitrogens with zero attached hydrogens (tertiary/aromatic N) is 1. The predicted molar refractivity (Wildman–Crippen MR) is 71.3 cm³/mol. The Morgan fingerprint density at radius 2 is 2.00 bits per heavy atom. The molecule has 0 spiro atoms. The second-order valence-electron chi connectivity index (χ2n) is 5.20. The Labute approximate surface area is 112 Å². The first-order chi connectivity index (χ1) is 8.18. The normalized spacial score (nSPS) is 29.1. The van der Waals surface area contributed by atoms with Crippen LogP contribution in [0.25, 0.3) is 0 Å². The minimum Gasteiger partial charge on any atom is -0.368 e. The minimum absolute atomic E-state index is 0.151. The highest BCUT2D eigenvalue weighted by molar-refractivity contribution is 9.09. The van der Waals surface area contributed by atoms with Gasteiger partial charge in [-0.2, -0.15) is 0 Å². The third-order valence-electron chi connectivity index (χ3n) is 3.96. The zero-order chi connectivity index (χ0) is 12.3. The van der Waals surface area contributed by atoms with Crippen LogP contribution in [-0.4, -0.2) is 41.4 Å². The molecule has 3 nitrogen and oxygen atoms in total. The molecule has 2 heterocycles. The Kier molecular flexibility index (Phi) is 4.86. The Balaban J connectivity index is 1.81. The van der Waals surface area contributed by atoms with E-state index in [2.05, 4.69) is 22.9 Å². The molecule has 2 fully saturated rings. The summed E-state index contributed by atoms with van der Waals surface area (Å²) in [6.07, 6.45) is 5.23. The van der Waals surface area contributed by atoms with E-state index < -0.39 is 0 Å². The number of hydrogen-bond acceptors (Lipinski definition) is 2. The lowest BCUT2D eigenvalue weighted by molar-refractivity contribution is -0.147. The largest absolute Gasteiger partial charge is 0.368 e. The number of rotatable bonds is 2. The lowest BCUT2D eigenvalue weighted by atomic mass is 9.94. The number of alkyl halides is 1. The van der Waals surface area contributed by atoms with Crippen LogP contribution < -0.4 is 0 Å². The van der Waals surface area contributed by atoms with Crippen LogP contribution in [0.5, 0.6) is 0 Å². The molecule has 0 aromatic carbocycles. The van der Waals surface area contributed by atoms with Gasteiger partial charge in [0.05, 0.1) is 0 Å². The maximum Gasteiger partial charge on any atom is 0.251 e. The quantitative estimate of drug-likeness (QED) is 0.734. The molecule has 4 heteroatoms. The van der Waals surface area contributed by atoms with Crippen molar-refractivity contribution in [3.05, 3.63) is 0 Å². The first kappa shape index (κ1) is 13.3. The molecule has 1 amide bonds. The highest BCUT2D eigenvalue weighted by atomic mass is 79.9. The first-order valence-corrected chi connectivity index (χ1v) is 7.64. The molecule has 0 radical (unpaired) electrons. The average molecular weight is 304 g/mol. The van der Waals surface area contributed by atoms with Crippen molar-refractivity contribution in [3.8, 4) is 0 Å². The van der Waals surface area contributed by atoms with E-state index in [1.807, 2.05) is 4.90 Å². The van der Waals surface area contributed by atoms with Crippen molar-refractivity contribution in [3.63, 3.8) is 0 Å². The van der Waals surface area contributed by atoms with Crippen molar-refractivity contribution in [1.82, 2.24) is 4.90 Å².